The normalized spacial score (nSPS) is 10.3. The standard InChI is InChI=1S/C11H10ClN3O2/c1-15-6-7(4-14-15)10-3-9(12)8(5-13-10)11(16)17-2/h3-6H,1-2H3. The molecule has 0 amide bonds. The van der Waals surface area contributed by atoms with E-state index in [2.05, 4.69) is 14.8 Å². The predicted octanol–water partition coefficient (Wildman–Crippen LogP) is 1.92. The summed E-state index contributed by atoms with van der Waals surface area (Å²) in [5.74, 6) is -0.500. The number of esters is 1. The number of hydrogen-bond donors (Lipinski definition) is 0. The van der Waals surface area contributed by atoms with Crippen molar-refractivity contribution in [2.24, 2.45) is 7.05 Å². The van der Waals surface area contributed by atoms with Crippen molar-refractivity contribution in [3.8, 4) is 11.3 Å². The van der Waals surface area contributed by atoms with Crippen molar-refractivity contribution in [2.45, 2.75) is 0 Å². The van der Waals surface area contributed by atoms with Gasteiger partial charge in [0.2, 0.25) is 0 Å². The van der Waals surface area contributed by atoms with Gasteiger partial charge in [0.25, 0.3) is 0 Å². The fourth-order valence-electron chi connectivity index (χ4n) is 1.40. The number of carbonyl (C=O) groups excluding carboxylic acids is 1. The monoisotopic (exact) mass is 251 g/mol. The van der Waals surface area contributed by atoms with Crippen molar-refractivity contribution in [3.05, 3.63) is 35.2 Å². The molecule has 0 aliphatic heterocycles. The van der Waals surface area contributed by atoms with Crippen LogP contribution in [0.25, 0.3) is 11.3 Å². The highest BCUT2D eigenvalue weighted by atomic mass is 35.5. The Bertz CT molecular complexity index is 566. The molecule has 5 nitrogen and oxygen atoms in total. The van der Waals surface area contributed by atoms with Crippen LogP contribution in [0.4, 0.5) is 0 Å². The van der Waals surface area contributed by atoms with Gasteiger partial charge >= 0.3 is 5.97 Å². The lowest BCUT2D eigenvalue weighted by Gasteiger charge is -2.03. The van der Waals surface area contributed by atoms with Crippen molar-refractivity contribution in [2.75, 3.05) is 7.11 Å². The van der Waals surface area contributed by atoms with Crippen LogP contribution in [0.3, 0.4) is 0 Å². The first-order valence-electron chi connectivity index (χ1n) is 4.84. The van der Waals surface area contributed by atoms with Crippen LogP contribution in [0.15, 0.2) is 24.7 Å². The average Bonchev–Trinajstić information content (AvgIpc) is 2.75. The van der Waals surface area contributed by atoms with E-state index in [-0.39, 0.29) is 5.56 Å². The fourth-order valence-corrected chi connectivity index (χ4v) is 1.63. The second kappa shape index (κ2) is 4.55. The number of carbonyl (C=O) groups is 1. The Labute approximate surface area is 103 Å². The van der Waals surface area contributed by atoms with Gasteiger partial charge < -0.3 is 4.74 Å². The lowest BCUT2D eigenvalue weighted by atomic mass is 10.2. The summed E-state index contributed by atoms with van der Waals surface area (Å²) in [5, 5.41) is 4.35. The Morgan fingerprint density at radius 3 is 2.76 bits per heavy atom. The first-order valence-corrected chi connectivity index (χ1v) is 5.22. The van der Waals surface area contributed by atoms with Crippen LogP contribution in [-0.2, 0) is 11.8 Å². The van der Waals surface area contributed by atoms with Crippen molar-refractivity contribution in [1.29, 1.82) is 0 Å². The van der Waals surface area contributed by atoms with Crippen molar-refractivity contribution in [1.82, 2.24) is 14.8 Å². The van der Waals surface area contributed by atoms with Gasteiger partial charge in [-0.25, -0.2) is 4.79 Å². The van der Waals surface area contributed by atoms with Crippen LogP contribution in [0.5, 0.6) is 0 Å². The zero-order valence-corrected chi connectivity index (χ0v) is 10.1. The van der Waals surface area contributed by atoms with Crippen LogP contribution < -0.4 is 0 Å². The molecule has 0 saturated carbocycles. The number of ether oxygens (including phenoxy) is 1. The zero-order chi connectivity index (χ0) is 12.4. The molecule has 2 rings (SSSR count). The number of aryl methyl sites for hydroxylation is 1. The molecular weight excluding hydrogens is 242 g/mol. The molecule has 6 heteroatoms. The average molecular weight is 252 g/mol. The second-order valence-electron chi connectivity index (χ2n) is 3.44. The van der Waals surface area contributed by atoms with E-state index in [1.165, 1.54) is 13.3 Å². The molecule has 88 valence electrons. The minimum Gasteiger partial charge on any atom is -0.465 e. The van der Waals surface area contributed by atoms with E-state index in [0.717, 1.165) is 5.56 Å². The number of rotatable bonds is 2. The third-order valence-electron chi connectivity index (χ3n) is 2.26. The Balaban J connectivity index is 2.40. The maximum Gasteiger partial charge on any atom is 0.340 e. The number of pyridine rings is 1. The molecule has 17 heavy (non-hydrogen) atoms. The Morgan fingerprint density at radius 1 is 1.47 bits per heavy atom. The van der Waals surface area contributed by atoms with Crippen LogP contribution in [0.2, 0.25) is 5.02 Å². The maximum atomic E-state index is 11.3. The van der Waals surface area contributed by atoms with E-state index >= 15 is 0 Å². The van der Waals surface area contributed by atoms with Crippen LogP contribution in [0, 0.1) is 0 Å². The van der Waals surface area contributed by atoms with E-state index in [1.807, 2.05) is 13.2 Å². The third kappa shape index (κ3) is 2.29. The van der Waals surface area contributed by atoms with Gasteiger partial charge in [0.15, 0.2) is 0 Å². The van der Waals surface area contributed by atoms with Crippen LogP contribution >= 0.6 is 11.6 Å². The molecule has 2 aromatic heterocycles. The fraction of sp³-hybridized carbons (Fsp3) is 0.182. The Morgan fingerprint density at radius 2 is 2.24 bits per heavy atom. The lowest BCUT2D eigenvalue weighted by Crippen LogP contribution is -2.03. The summed E-state index contributed by atoms with van der Waals surface area (Å²) in [5.41, 5.74) is 1.75. The van der Waals surface area contributed by atoms with Gasteiger partial charge in [0, 0.05) is 25.0 Å². The predicted molar refractivity (Wildman–Crippen MR) is 62.8 cm³/mol. The summed E-state index contributed by atoms with van der Waals surface area (Å²) < 4.78 is 6.25. The molecule has 0 fully saturated rings. The summed E-state index contributed by atoms with van der Waals surface area (Å²) in [6, 6.07) is 1.62. The van der Waals surface area contributed by atoms with Gasteiger partial charge in [-0.1, -0.05) is 11.6 Å². The SMILES string of the molecule is COC(=O)c1cnc(-c2cnn(C)c2)cc1Cl. The van der Waals surface area contributed by atoms with Crippen molar-refractivity contribution >= 4 is 17.6 Å². The highest BCUT2D eigenvalue weighted by Crippen LogP contribution is 2.23. The van der Waals surface area contributed by atoms with Gasteiger partial charge in [-0.2, -0.15) is 5.10 Å². The molecule has 2 aromatic rings. The zero-order valence-electron chi connectivity index (χ0n) is 9.35. The molecule has 0 aliphatic rings. The summed E-state index contributed by atoms with van der Waals surface area (Å²) >= 11 is 5.99. The molecule has 2 heterocycles. The first kappa shape index (κ1) is 11.6. The quantitative estimate of drug-likeness (QED) is 0.766. The minimum atomic E-state index is -0.500. The van der Waals surface area contributed by atoms with E-state index < -0.39 is 5.97 Å². The number of methoxy groups -OCH3 is 1. The first-order chi connectivity index (χ1) is 8.11. The maximum absolute atomic E-state index is 11.3. The van der Waals surface area contributed by atoms with Gasteiger partial charge in [-0.05, 0) is 6.07 Å². The molecule has 0 bridgehead atoms. The lowest BCUT2D eigenvalue weighted by molar-refractivity contribution is 0.0600. The number of halogens is 1. The van der Waals surface area contributed by atoms with Crippen LogP contribution in [0.1, 0.15) is 10.4 Å². The van der Waals surface area contributed by atoms with Gasteiger partial charge in [-0.3, -0.25) is 9.67 Å². The largest absolute Gasteiger partial charge is 0.465 e. The van der Waals surface area contributed by atoms with E-state index in [4.69, 9.17) is 11.6 Å². The van der Waals surface area contributed by atoms with Crippen molar-refractivity contribution in [3.63, 3.8) is 0 Å². The molecule has 0 spiro atoms. The summed E-state index contributed by atoms with van der Waals surface area (Å²) in [7, 11) is 3.11. The van der Waals surface area contributed by atoms with E-state index in [9.17, 15) is 4.79 Å². The molecule has 0 radical (unpaired) electrons. The molecule has 0 saturated heterocycles. The summed E-state index contributed by atoms with van der Waals surface area (Å²) in [6.45, 7) is 0. The van der Waals surface area contributed by atoms with E-state index in [1.54, 1.807) is 16.9 Å². The molecule has 0 N–H and O–H groups in total. The summed E-state index contributed by atoms with van der Waals surface area (Å²) in [6.07, 6.45) is 4.89. The third-order valence-corrected chi connectivity index (χ3v) is 2.57. The molecular formula is C11H10ClN3O2. The van der Waals surface area contributed by atoms with Gasteiger partial charge in [0.1, 0.15) is 0 Å². The number of hydrogen-bond acceptors (Lipinski definition) is 4. The molecule has 0 unspecified atom stereocenters. The Kier molecular flexibility index (Phi) is 3.10. The second-order valence-corrected chi connectivity index (χ2v) is 3.85. The van der Waals surface area contributed by atoms with Crippen molar-refractivity contribution < 1.29 is 9.53 Å². The van der Waals surface area contributed by atoms with E-state index in [0.29, 0.717) is 10.7 Å². The van der Waals surface area contributed by atoms with Gasteiger partial charge in [0.05, 0.1) is 29.6 Å². The highest BCUT2D eigenvalue weighted by molar-refractivity contribution is 6.33. The van der Waals surface area contributed by atoms with Gasteiger partial charge in [-0.15, -0.1) is 0 Å². The topological polar surface area (TPSA) is 57.0 Å². The van der Waals surface area contributed by atoms with Crippen LogP contribution in [-0.4, -0.2) is 27.8 Å². The summed E-state index contributed by atoms with van der Waals surface area (Å²) in [4.78, 5) is 15.5. The minimum absolute atomic E-state index is 0.252. The Hall–Kier alpha value is -1.88. The molecule has 0 aliphatic carbocycles. The smallest absolute Gasteiger partial charge is 0.340 e. The number of nitrogens with zero attached hydrogens (tertiary/aromatic N) is 3. The molecule has 0 aromatic carbocycles. The molecule has 0 atom stereocenters. The highest BCUT2D eigenvalue weighted by Gasteiger charge is 2.13. The number of aromatic nitrogens is 3.